The lowest BCUT2D eigenvalue weighted by atomic mass is 10.1. The Labute approximate surface area is 138 Å². The molecule has 0 saturated heterocycles. The van der Waals surface area contributed by atoms with Crippen LogP contribution in [0.4, 0.5) is 5.69 Å². The Morgan fingerprint density at radius 3 is 2.38 bits per heavy atom. The van der Waals surface area contributed by atoms with E-state index in [-0.39, 0.29) is 11.3 Å². The van der Waals surface area contributed by atoms with Gasteiger partial charge in [0, 0.05) is 17.2 Å². The first-order valence-electron chi connectivity index (χ1n) is 7.12. The molecular formula is C17H16N2O5. The largest absolute Gasteiger partial charge is 0.467 e. The molecule has 0 aliphatic rings. The minimum atomic E-state index is -0.959. The Hall–Kier alpha value is -3.22. The van der Waals surface area contributed by atoms with Gasteiger partial charge >= 0.3 is 5.97 Å². The summed E-state index contributed by atoms with van der Waals surface area (Å²) in [7, 11) is 1.24. The zero-order valence-electron chi connectivity index (χ0n) is 13.2. The van der Waals surface area contributed by atoms with E-state index < -0.39 is 22.8 Å². The Morgan fingerprint density at radius 2 is 1.83 bits per heavy atom. The molecule has 1 amide bonds. The van der Waals surface area contributed by atoms with Crippen LogP contribution in [0.5, 0.6) is 0 Å². The predicted molar refractivity (Wildman–Crippen MR) is 86.5 cm³/mol. The van der Waals surface area contributed by atoms with Gasteiger partial charge in [0.25, 0.3) is 11.6 Å². The van der Waals surface area contributed by atoms with Crippen molar-refractivity contribution >= 4 is 17.6 Å². The first-order valence-corrected chi connectivity index (χ1v) is 7.12. The van der Waals surface area contributed by atoms with Crippen LogP contribution in [0.15, 0.2) is 48.5 Å². The van der Waals surface area contributed by atoms with Crippen LogP contribution in [-0.4, -0.2) is 23.9 Å². The first kappa shape index (κ1) is 17.1. The number of nitro groups is 1. The fourth-order valence-corrected chi connectivity index (χ4v) is 2.26. The standard InChI is InChI=1S/C17H16N2O5/c1-11-10-13(8-9-14(11)19(22)23)16(20)18-15(17(21)24-2)12-6-4-3-5-7-12/h3-10,15H,1-2H3,(H,18,20). The van der Waals surface area contributed by atoms with Crippen molar-refractivity contribution < 1.29 is 19.2 Å². The van der Waals surface area contributed by atoms with Crippen molar-refractivity contribution in [3.63, 3.8) is 0 Å². The monoisotopic (exact) mass is 328 g/mol. The number of nitrogens with zero attached hydrogens (tertiary/aromatic N) is 1. The van der Waals surface area contributed by atoms with Crippen LogP contribution in [-0.2, 0) is 9.53 Å². The van der Waals surface area contributed by atoms with Crippen LogP contribution < -0.4 is 5.32 Å². The second kappa shape index (κ2) is 7.36. The Morgan fingerprint density at radius 1 is 1.17 bits per heavy atom. The van der Waals surface area contributed by atoms with Crippen LogP contribution in [0.1, 0.15) is 27.5 Å². The molecule has 1 N–H and O–H groups in total. The van der Waals surface area contributed by atoms with E-state index in [4.69, 9.17) is 4.74 Å². The van der Waals surface area contributed by atoms with Gasteiger partial charge in [0.05, 0.1) is 12.0 Å². The molecule has 2 rings (SSSR count). The molecule has 124 valence electrons. The lowest BCUT2D eigenvalue weighted by Crippen LogP contribution is -2.34. The Balaban J connectivity index is 2.26. The van der Waals surface area contributed by atoms with E-state index in [1.165, 1.54) is 25.3 Å². The van der Waals surface area contributed by atoms with Crippen molar-refractivity contribution in [3.05, 3.63) is 75.3 Å². The van der Waals surface area contributed by atoms with Crippen molar-refractivity contribution in [2.45, 2.75) is 13.0 Å². The van der Waals surface area contributed by atoms with E-state index >= 15 is 0 Å². The molecule has 7 heteroatoms. The maximum atomic E-state index is 12.4. The number of methoxy groups -OCH3 is 1. The normalized spacial score (nSPS) is 11.4. The minimum Gasteiger partial charge on any atom is -0.467 e. The number of nitrogens with one attached hydrogen (secondary N) is 1. The van der Waals surface area contributed by atoms with Gasteiger partial charge in [-0.2, -0.15) is 0 Å². The molecule has 1 atom stereocenters. The molecule has 24 heavy (non-hydrogen) atoms. The van der Waals surface area contributed by atoms with Gasteiger partial charge in [0.2, 0.25) is 0 Å². The molecule has 0 aliphatic heterocycles. The van der Waals surface area contributed by atoms with Crippen LogP contribution in [0.25, 0.3) is 0 Å². The number of nitro benzene ring substituents is 1. The molecule has 0 aliphatic carbocycles. The maximum Gasteiger partial charge on any atom is 0.333 e. The summed E-state index contributed by atoms with van der Waals surface area (Å²) in [5.41, 5.74) is 1.10. The Kier molecular flexibility index (Phi) is 5.26. The van der Waals surface area contributed by atoms with E-state index in [1.807, 2.05) is 0 Å². The van der Waals surface area contributed by atoms with E-state index in [2.05, 4.69) is 5.32 Å². The van der Waals surface area contributed by atoms with Crippen LogP contribution in [0.2, 0.25) is 0 Å². The fraction of sp³-hybridized carbons (Fsp3) is 0.176. The summed E-state index contributed by atoms with van der Waals surface area (Å²) >= 11 is 0. The number of carbonyl (C=O) groups is 2. The lowest BCUT2D eigenvalue weighted by molar-refractivity contribution is -0.385. The van der Waals surface area contributed by atoms with Gasteiger partial charge in [-0.3, -0.25) is 14.9 Å². The number of rotatable bonds is 5. The first-order chi connectivity index (χ1) is 11.4. The van der Waals surface area contributed by atoms with Crippen molar-refractivity contribution in [2.24, 2.45) is 0 Å². The third-order valence-electron chi connectivity index (χ3n) is 3.50. The van der Waals surface area contributed by atoms with Crippen molar-refractivity contribution in [3.8, 4) is 0 Å². The third kappa shape index (κ3) is 3.75. The highest BCUT2D eigenvalue weighted by Gasteiger charge is 2.24. The lowest BCUT2D eigenvalue weighted by Gasteiger charge is -2.17. The molecular weight excluding hydrogens is 312 g/mol. The highest BCUT2D eigenvalue weighted by atomic mass is 16.6. The van der Waals surface area contributed by atoms with E-state index in [1.54, 1.807) is 37.3 Å². The number of hydrogen-bond acceptors (Lipinski definition) is 5. The zero-order chi connectivity index (χ0) is 17.7. The highest BCUT2D eigenvalue weighted by molar-refractivity contribution is 5.97. The molecule has 2 aromatic rings. The third-order valence-corrected chi connectivity index (χ3v) is 3.50. The molecule has 0 saturated carbocycles. The SMILES string of the molecule is COC(=O)C(NC(=O)c1ccc([N+](=O)[O-])c(C)c1)c1ccccc1. The number of carbonyl (C=O) groups excluding carboxylic acids is 2. The molecule has 0 bridgehead atoms. The molecule has 0 heterocycles. The summed E-state index contributed by atoms with van der Waals surface area (Å²) < 4.78 is 4.73. The summed E-state index contributed by atoms with van der Waals surface area (Å²) in [6, 6.07) is 11.7. The maximum absolute atomic E-state index is 12.4. The molecule has 1 unspecified atom stereocenters. The number of esters is 1. The van der Waals surface area contributed by atoms with Crippen LogP contribution >= 0.6 is 0 Å². The smallest absolute Gasteiger partial charge is 0.333 e. The van der Waals surface area contributed by atoms with E-state index in [9.17, 15) is 19.7 Å². The quantitative estimate of drug-likeness (QED) is 0.516. The summed E-state index contributed by atoms with van der Waals surface area (Å²) in [4.78, 5) is 34.7. The van der Waals surface area contributed by atoms with E-state index in [0.717, 1.165) is 0 Å². The number of benzene rings is 2. The second-order valence-corrected chi connectivity index (χ2v) is 5.10. The average molecular weight is 328 g/mol. The summed E-state index contributed by atoms with van der Waals surface area (Å²) in [5.74, 6) is -1.12. The van der Waals surface area contributed by atoms with Gasteiger partial charge in [0.1, 0.15) is 0 Å². The highest BCUT2D eigenvalue weighted by Crippen LogP contribution is 2.20. The second-order valence-electron chi connectivity index (χ2n) is 5.10. The minimum absolute atomic E-state index is 0.0703. The van der Waals surface area contributed by atoms with Crippen LogP contribution in [0, 0.1) is 17.0 Å². The van der Waals surface area contributed by atoms with Gasteiger partial charge in [-0.15, -0.1) is 0 Å². The van der Waals surface area contributed by atoms with Gasteiger partial charge in [-0.1, -0.05) is 30.3 Å². The summed E-state index contributed by atoms with van der Waals surface area (Å²) in [6.45, 7) is 1.55. The van der Waals surface area contributed by atoms with E-state index in [0.29, 0.717) is 11.1 Å². The zero-order valence-corrected chi connectivity index (χ0v) is 13.2. The van der Waals surface area contributed by atoms with Gasteiger partial charge < -0.3 is 10.1 Å². The molecule has 0 aromatic heterocycles. The van der Waals surface area contributed by atoms with Crippen LogP contribution in [0.3, 0.4) is 0 Å². The topological polar surface area (TPSA) is 98.5 Å². The Bertz CT molecular complexity index is 774. The summed E-state index contributed by atoms with van der Waals surface area (Å²) in [5, 5.41) is 13.4. The van der Waals surface area contributed by atoms with Gasteiger partial charge in [-0.05, 0) is 24.6 Å². The molecule has 0 radical (unpaired) electrons. The van der Waals surface area contributed by atoms with Crippen molar-refractivity contribution in [2.75, 3.05) is 7.11 Å². The predicted octanol–water partition coefficient (Wildman–Crippen LogP) is 2.55. The molecule has 0 fully saturated rings. The fourth-order valence-electron chi connectivity index (χ4n) is 2.26. The molecule has 7 nitrogen and oxygen atoms in total. The molecule has 2 aromatic carbocycles. The summed E-state index contributed by atoms with van der Waals surface area (Å²) in [6.07, 6.45) is 0. The van der Waals surface area contributed by atoms with Crippen molar-refractivity contribution in [1.29, 1.82) is 0 Å². The molecule has 0 spiro atoms. The number of aryl methyl sites for hydroxylation is 1. The number of amides is 1. The van der Waals surface area contributed by atoms with Gasteiger partial charge in [-0.25, -0.2) is 4.79 Å². The average Bonchev–Trinajstić information content (AvgIpc) is 2.59. The number of hydrogen-bond donors (Lipinski definition) is 1. The number of ether oxygens (including phenoxy) is 1. The van der Waals surface area contributed by atoms with Gasteiger partial charge in [0.15, 0.2) is 6.04 Å². The van der Waals surface area contributed by atoms with Crippen molar-refractivity contribution in [1.82, 2.24) is 5.32 Å².